The quantitative estimate of drug-likeness (QED) is 0.876. The molecule has 3 rings (SSSR count). The van der Waals surface area contributed by atoms with Crippen molar-refractivity contribution in [3.05, 3.63) is 52.5 Å². The fourth-order valence-electron chi connectivity index (χ4n) is 2.31. The summed E-state index contributed by atoms with van der Waals surface area (Å²) in [6.07, 6.45) is -3.96. The summed E-state index contributed by atoms with van der Waals surface area (Å²) in [6.45, 7) is 0.483. The molecule has 0 unspecified atom stereocenters. The fourth-order valence-corrected chi connectivity index (χ4v) is 3.72. The highest BCUT2D eigenvalue weighted by Crippen LogP contribution is 2.35. The Labute approximate surface area is 141 Å². The molecule has 0 spiro atoms. The van der Waals surface area contributed by atoms with Crippen molar-refractivity contribution in [2.45, 2.75) is 17.5 Å². The first-order valence-corrected chi connectivity index (χ1v) is 8.68. The molecule has 1 N–H and O–H groups in total. The molecule has 0 fully saturated rings. The second-order valence-corrected chi connectivity index (χ2v) is 7.26. The number of halogens is 4. The van der Waals surface area contributed by atoms with Crippen LogP contribution in [0.4, 0.5) is 18.9 Å². The van der Waals surface area contributed by atoms with Crippen LogP contribution in [0.25, 0.3) is 0 Å². The number of nitrogens with one attached hydrogen (secondary N) is 1. The Kier molecular flexibility index (Phi) is 4.13. The molecule has 24 heavy (non-hydrogen) atoms. The van der Waals surface area contributed by atoms with Crippen LogP contribution in [0.1, 0.15) is 11.1 Å². The molecule has 0 bridgehead atoms. The number of fused-ring (bicyclic) bond motifs is 1. The van der Waals surface area contributed by atoms with E-state index >= 15 is 0 Å². The van der Waals surface area contributed by atoms with Gasteiger partial charge in [0.25, 0.3) is 10.0 Å². The fraction of sp³-hybridized carbons (Fsp3) is 0.200. The van der Waals surface area contributed by atoms with Crippen LogP contribution < -0.4 is 9.46 Å². The molecule has 0 aliphatic carbocycles. The van der Waals surface area contributed by atoms with Gasteiger partial charge in [-0.2, -0.15) is 13.2 Å². The molecule has 1 heterocycles. The molecular weight excluding hydrogens is 367 g/mol. The van der Waals surface area contributed by atoms with E-state index < -0.39 is 21.8 Å². The van der Waals surface area contributed by atoms with Gasteiger partial charge in [-0.3, -0.25) is 4.72 Å². The smallest absolute Gasteiger partial charge is 0.416 e. The van der Waals surface area contributed by atoms with E-state index in [1.165, 1.54) is 12.1 Å². The van der Waals surface area contributed by atoms with Crippen molar-refractivity contribution in [1.29, 1.82) is 0 Å². The second-order valence-electron chi connectivity index (χ2n) is 5.17. The van der Waals surface area contributed by atoms with E-state index in [2.05, 4.69) is 4.72 Å². The average molecular weight is 378 g/mol. The maximum atomic E-state index is 12.6. The summed E-state index contributed by atoms with van der Waals surface area (Å²) < 4.78 is 70.2. The Balaban J connectivity index is 1.90. The Morgan fingerprint density at radius 2 is 1.88 bits per heavy atom. The molecule has 0 saturated heterocycles. The first-order chi connectivity index (χ1) is 11.2. The van der Waals surface area contributed by atoms with Crippen molar-refractivity contribution in [2.24, 2.45) is 0 Å². The number of alkyl halides is 3. The van der Waals surface area contributed by atoms with Gasteiger partial charge in [-0.25, -0.2) is 8.42 Å². The molecular formula is C15H11ClF3NO3S. The molecule has 0 amide bonds. The van der Waals surface area contributed by atoms with Crippen LogP contribution >= 0.6 is 11.6 Å². The lowest BCUT2D eigenvalue weighted by Crippen LogP contribution is -2.14. The van der Waals surface area contributed by atoms with Crippen LogP contribution in [-0.4, -0.2) is 15.0 Å². The predicted octanol–water partition coefficient (Wildman–Crippen LogP) is 4.09. The van der Waals surface area contributed by atoms with E-state index in [1.54, 1.807) is 6.07 Å². The molecule has 0 saturated carbocycles. The molecule has 0 aromatic heterocycles. The van der Waals surface area contributed by atoms with Gasteiger partial charge >= 0.3 is 6.18 Å². The summed E-state index contributed by atoms with van der Waals surface area (Å²) in [7, 11) is -3.98. The first kappa shape index (κ1) is 16.9. The van der Waals surface area contributed by atoms with Crippen molar-refractivity contribution >= 4 is 27.3 Å². The Hall–Kier alpha value is -1.93. The van der Waals surface area contributed by atoms with Gasteiger partial charge in [0, 0.05) is 6.42 Å². The molecule has 4 nitrogen and oxygen atoms in total. The summed E-state index contributed by atoms with van der Waals surface area (Å²) in [4.78, 5) is -0.0114. The van der Waals surface area contributed by atoms with Gasteiger partial charge in [-0.15, -0.1) is 0 Å². The number of hydrogen-bond acceptors (Lipinski definition) is 3. The molecule has 2 aromatic rings. The highest BCUT2D eigenvalue weighted by molar-refractivity contribution is 7.92. The summed E-state index contributed by atoms with van der Waals surface area (Å²) in [5.74, 6) is 0.626. The predicted molar refractivity (Wildman–Crippen MR) is 82.9 cm³/mol. The monoisotopic (exact) mass is 377 g/mol. The van der Waals surface area contributed by atoms with Crippen LogP contribution in [0.5, 0.6) is 5.75 Å². The summed E-state index contributed by atoms with van der Waals surface area (Å²) in [5.41, 5.74) is -0.317. The minimum Gasteiger partial charge on any atom is -0.493 e. The third-order valence-corrected chi connectivity index (χ3v) is 5.19. The third-order valence-electron chi connectivity index (χ3n) is 3.51. The van der Waals surface area contributed by atoms with E-state index in [0.717, 1.165) is 17.7 Å². The number of rotatable bonds is 3. The maximum absolute atomic E-state index is 12.6. The Morgan fingerprint density at radius 1 is 1.12 bits per heavy atom. The van der Waals surface area contributed by atoms with Crippen molar-refractivity contribution in [2.75, 3.05) is 11.3 Å². The summed E-state index contributed by atoms with van der Waals surface area (Å²) in [6, 6.07) is 6.81. The van der Waals surface area contributed by atoms with E-state index in [-0.39, 0.29) is 15.6 Å². The van der Waals surface area contributed by atoms with E-state index in [9.17, 15) is 21.6 Å². The standard InChI is InChI=1S/C15H11ClF3NO3S/c16-12-8-10(15(17,18)19)1-3-13(12)20-24(21,22)11-2-4-14-9(7-11)5-6-23-14/h1-4,7-8,20H,5-6H2. The van der Waals surface area contributed by atoms with Crippen molar-refractivity contribution in [1.82, 2.24) is 0 Å². The molecule has 1 aliphatic heterocycles. The number of sulfonamides is 1. The zero-order valence-corrected chi connectivity index (χ0v) is 13.6. The van der Waals surface area contributed by atoms with E-state index in [1.807, 2.05) is 0 Å². The highest BCUT2D eigenvalue weighted by atomic mass is 35.5. The van der Waals surface area contributed by atoms with Gasteiger partial charge in [-0.05, 0) is 42.0 Å². The molecule has 0 atom stereocenters. The van der Waals surface area contributed by atoms with Crippen molar-refractivity contribution < 1.29 is 26.3 Å². The molecule has 128 valence electrons. The summed E-state index contributed by atoms with van der Waals surface area (Å²) >= 11 is 5.78. The Morgan fingerprint density at radius 3 is 2.54 bits per heavy atom. The number of hydrogen-bond donors (Lipinski definition) is 1. The van der Waals surface area contributed by atoms with Crippen molar-refractivity contribution in [3.8, 4) is 5.75 Å². The maximum Gasteiger partial charge on any atom is 0.416 e. The van der Waals surface area contributed by atoms with Gasteiger partial charge in [0.15, 0.2) is 0 Å². The van der Waals surface area contributed by atoms with Gasteiger partial charge in [0.05, 0.1) is 27.8 Å². The third kappa shape index (κ3) is 3.29. The largest absolute Gasteiger partial charge is 0.493 e. The lowest BCUT2D eigenvalue weighted by molar-refractivity contribution is -0.137. The van der Waals surface area contributed by atoms with Gasteiger partial charge in [0.1, 0.15) is 5.75 Å². The van der Waals surface area contributed by atoms with Crippen LogP contribution in [0.2, 0.25) is 5.02 Å². The minimum absolute atomic E-state index is 0.0114. The summed E-state index contributed by atoms with van der Waals surface area (Å²) in [5, 5.41) is -0.335. The van der Waals surface area contributed by atoms with Crippen LogP contribution in [0.15, 0.2) is 41.3 Å². The lowest BCUT2D eigenvalue weighted by atomic mass is 10.2. The average Bonchev–Trinajstić information content (AvgIpc) is 2.95. The van der Waals surface area contributed by atoms with Crippen LogP contribution in [-0.2, 0) is 22.6 Å². The first-order valence-electron chi connectivity index (χ1n) is 6.82. The van der Waals surface area contributed by atoms with Crippen molar-refractivity contribution in [3.63, 3.8) is 0 Å². The molecule has 1 aliphatic rings. The Bertz CT molecular complexity index is 897. The normalized spacial score (nSPS) is 14.2. The topological polar surface area (TPSA) is 55.4 Å². The lowest BCUT2D eigenvalue weighted by Gasteiger charge is -2.12. The second kappa shape index (κ2) is 5.86. The zero-order valence-electron chi connectivity index (χ0n) is 12.0. The van der Waals surface area contributed by atoms with Crippen LogP contribution in [0.3, 0.4) is 0 Å². The molecule has 9 heteroatoms. The van der Waals surface area contributed by atoms with E-state index in [0.29, 0.717) is 24.8 Å². The number of anilines is 1. The highest BCUT2D eigenvalue weighted by Gasteiger charge is 2.31. The van der Waals surface area contributed by atoms with Crippen LogP contribution in [0, 0.1) is 0 Å². The van der Waals surface area contributed by atoms with Gasteiger partial charge in [-0.1, -0.05) is 11.6 Å². The van der Waals surface area contributed by atoms with Gasteiger partial charge in [0.2, 0.25) is 0 Å². The van der Waals surface area contributed by atoms with E-state index in [4.69, 9.17) is 16.3 Å². The minimum atomic E-state index is -4.55. The molecule has 2 aromatic carbocycles. The zero-order chi connectivity index (χ0) is 17.5. The SMILES string of the molecule is O=S(=O)(Nc1ccc(C(F)(F)F)cc1Cl)c1ccc2c(c1)CCO2. The number of benzene rings is 2. The van der Waals surface area contributed by atoms with Gasteiger partial charge < -0.3 is 4.74 Å². The molecule has 0 radical (unpaired) electrons. The number of ether oxygens (including phenoxy) is 1.